The first kappa shape index (κ1) is 28.4. The van der Waals surface area contributed by atoms with Gasteiger partial charge >= 0.3 is 6.09 Å². The van der Waals surface area contributed by atoms with Crippen LogP contribution in [0.5, 0.6) is 5.75 Å². The number of likely N-dealkylation sites (tertiary alicyclic amines) is 1. The summed E-state index contributed by atoms with van der Waals surface area (Å²) in [4.78, 5) is 37.7. The number of hydrogen-bond donors (Lipinski definition) is 2. The number of carbonyl (C=O) groups is 2. The van der Waals surface area contributed by atoms with Gasteiger partial charge in [0.1, 0.15) is 10.7 Å². The lowest BCUT2D eigenvalue weighted by Gasteiger charge is -2.31. The molecule has 2 aromatic rings. The summed E-state index contributed by atoms with van der Waals surface area (Å²) >= 11 is 3.20. The summed E-state index contributed by atoms with van der Waals surface area (Å²) in [6.45, 7) is 8.14. The minimum atomic E-state index is -0.468. The van der Waals surface area contributed by atoms with E-state index in [1.165, 1.54) is 24.3 Å². The highest BCUT2D eigenvalue weighted by atomic mass is 79.9. The van der Waals surface area contributed by atoms with Crippen molar-refractivity contribution in [1.82, 2.24) is 15.2 Å². The minimum absolute atomic E-state index is 0.0141. The second-order valence-corrected chi connectivity index (χ2v) is 7.93. The van der Waals surface area contributed by atoms with Crippen molar-refractivity contribution < 1.29 is 19.1 Å². The molecule has 8 nitrogen and oxygen atoms in total. The van der Waals surface area contributed by atoms with E-state index >= 15 is 0 Å². The van der Waals surface area contributed by atoms with E-state index in [1.54, 1.807) is 4.90 Å². The van der Waals surface area contributed by atoms with Crippen LogP contribution in [0.3, 0.4) is 0 Å². The molecule has 182 valence electrons. The second kappa shape index (κ2) is 15.2. The molecule has 9 heteroatoms. The van der Waals surface area contributed by atoms with E-state index in [2.05, 4.69) is 62.2 Å². The molecule has 1 aliphatic rings. The zero-order valence-corrected chi connectivity index (χ0v) is 21.5. The number of amides is 1. The van der Waals surface area contributed by atoms with Crippen LogP contribution in [-0.2, 0) is 11.3 Å². The molecule has 2 N–H and O–H groups in total. The third-order valence-electron chi connectivity index (χ3n) is 4.79. The van der Waals surface area contributed by atoms with Crippen LogP contribution in [0.1, 0.15) is 48.2 Å². The Hall–Kier alpha value is -2.65. The molecule has 0 spiro atoms. The number of piperidine rings is 1. The van der Waals surface area contributed by atoms with Gasteiger partial charge < -0.3 is 24.7 Å². The molecule has 1 amide bonds. The average molecular weight is 524 g/mol. The fourth-order valence-corrected chi connectivity index (χ4v) is 3.44. The number of methoxy groups -OCH3 is 1. The highest BCUT2D eigenvalue weighted by Crippen LogP contribution is 2.25. The van der Waals surface area contributed by atoms with E-state index in [0.717, 1.165) is 6.54 Å². The Bertz CT molecular complexity index is 923. The van der Waals surface area contributed by atoms with Gasteiger partial charge in [0, 0.05) is 32.5 Å². The molecule has 0 aliphatic carbocycles. The van der Waals surface area contributed by atoms with E-state index in [0.29, 0.717) is 42.6 Å². The van der Waals surface area contributed by atoms with Crippen molar-refractivity contribution in [3.63, 3.8) is 0 Å². The van der Waals surface area contributed by atoms with Crippen LogP contribution in [0.25, 0.3) is 0 Å². The number of aromatic nitrogens is 1. The van der Waals surface area contributed by atoms with Crippen molar-refractivity contribution in [2.75, 3.05) is 27.2 Å². The highest BCUT2D eigenvalue weighted by molar-refractivity contribution is 9.10. The first-order chi connectivity index (χ1) is 15.9. The third kappa shape index (κ3) is 9.39. The van der Waals surface area contributed by atoms with Crippen LogP contribution in [0, 0.1) is 6.92 Å². The number of hydrogen-bond acceptors (Lipinski definition) is 6. The number of ether oxygens (including phenoxy) is 2. The van der Waals surface area contributed by atoms with Crippen molar-refractivity contribution in [2.24, 2.45) is 0 Å². The van der Waals surface area contributed by atoms with Crippen LogP contribution >= 0.6 is 15.9 Å². The van der Waals surface area contributed by atoms with Crippen molar-refractivity contribution >= 4 is 28.3 Å². The molecule has 2 heterocycles. The number of aromatic amines is 1. The second-order valence-electron chi connectivity index (χ2n) is 7.14. The number of pyridine rings is 1. The lowest BCUT2D eigenvalue weighted by molar-refractivity contribution is 0.0784. The third-order valence-corrected chi connectivity index (χ3v) is 5.37. The van der Waals surface area contributed by atoms with Gasteiger partial charge in [0.05, 0.1) is 12.7 Å². The number of halogens is 1. The lowest BCUT2D eigenvalue weighted by atomic mass is 10.1. The molecular formula is C24H34BrN3O5. The maximum absolute atomic E-state index is 11.4. The minimum Gasteiger partial charge on any atom is -0.488 e. The number of aryl methyl sites for hydroxylation is 1. The fraction of sp³-hybridized carbons (Fsp3) is 0.458. The molecule has 0 bridgehead atoms. The first-order valence-electron chi connectivity index (χ1n) is 11.0. The van der Waals surface area contributed by atoms with E-state index in [4.69, 9.17) is 4.74 Å². The predicted molar refractivity (Wildman–Crippen MR) is 133 cm³/mol. The first-order valence-corrected chi connectivity index (χ1v) is 11.7. The monoisotopic (exact) mass is 523 g/mol. The molecule has 0 atom stereocenters. The van der Waals surface area contributed by atoms with Gasteiger partial charge in [-0.2, -0.15) is 0 Å². The zero-order valence-electron chi connectivity index (χ0n) is 19.9. The van der Waals surface area contributed by atoms with Crippen LogP contribution in [0.15, 0.2) is 39.7 Å². The molecule has 1 aliphatic heterocycles. The van der Waals surface area contributed by atoms with Crippen LogP contribution in [0.2, 0.25) is 0 Å². The van der Waals surface area contributed by atoms with Gasteiger partial charge in [-0.05, 0) is 41.5 Å². The Morgan fingerprint density at radius 1 is 1.24 bits per heavy atom. The summed E-state index contributed by atoms with van der Waals surface area (Å²) in [6.07, 6.45) is 1.35. The normalized spacial score (nSPS) is 13.1. The van der Waals surface area contributed by atoms with Crippen LogP contribution in [-0.4, -0.2) is 55.6 Å². The molecule has 0 unspecified atom stereocenters. The summed E-state index contributed by atoms with van der Waals surface area (Å²) in [5.74, 6) is 0.410. The zero-order chi connectivity index (χ0) is 24.8. The van der Waals surface area contributed by atoms with Gasteiger partial charge in [-0.3, -0.25) is 9.59 Å². The Labute approximate surface area is 203 Å². The standard InChI is InChI=1S/C13H15BrN2O5.C9H13N.C2H6/c1-20-13(19)16-4-2-9(3-5-16)21-10-6-8(7-17)12(18)15-11(10)14;1-8-3-5-9(6-4-8)7-10-2;1-2/h6-7,9H,2-5H2,1H3,(H,15,18);3-6,10H,7H2,1-2H3;1-2H3. The summed E-state index contributed by atoms with van der Waals surface area (Å²) < 4.78 is 10.9. The van der Waals surface area contributed by atoms with E-state index in [9.17, 15) is 14.4 Å². The lowest BCUT2D eigenvalue weighted by Crippen LogP contribution is -2.41. The Kier molecular flexibility index (Phi) is 13.1. The van der Waals surface area contributed by atoms with E-state index in [1.807, 2.05) is 20.9 Å². The van der Waals surface area contributed by atoms with E-state index < -0.39 is 5.56 Å². The summed E-state index contributed by atoms with van der Waals surface area (Å²) in [7, 11) is 3.31. The van der Waals surface area contributed by atoms with Gasteiger partial charge in [-0.25, -0.2) is 4.79 Å². The summed E-state index contributed by atoms with van der Waals surface area (Å²) in [6, 6.07) is 9.96. The number of carbonyl (C=O) groups excluding carboxylic acids is 2. The van der Waals surface area contributed by atoms with Gasteiger partial charge in [0.2, 0.25) is 0 Å². The largest absolute Gasteiger partial charge is 0.488 e. The number of H-pyrrole nitrogens is 1. The van der Waals surface area contributed by atoms with Crippen molar-refractivity contribution in [3.8, 4) is 5.75 Å². The van der Waals surface area contributed by atoms with Crippen molar-refractivity contribution in [1.29, 1.82) is 0 Å². The quantitative estimate of drug-likeness (QED) is 0.447. The molecule has 1 fully saturated rings. The van der Waals surface area contributed by atoms with Crippen molar-refractivity contribution in [3.05, 3.63) is 62.0 Å². The number of nitrogens with one attached hydrogen (secondary N) is 2. The Morgan fingerprint density at radius 2 is 1.85 bits per heavy atom. The molecule has 1 saturated heterocycles. The smallest absolute Gasteiger partial charge is 0.409 e. The summed E-state index contributed by atoms with van der Waals surface area (Å²) in [5.41, 5.74) is 2.21. The van der Waals surface area contributed by atoms with Gasteiger partial charge in [0.25, 0.3) is 5.56 Å². The van der Waals surface area contributed by atoms with Gasteiger partial charge in [-0.1, -0.05) is 43.7 Å². The maximum Gasteiger partial charge on any atom is 0.409 e. The molecule has 0 radical (unpaired) electrons. The topological polar surface area (TPSA) is 101 Å². The fourth-order valence-electron chi connectivity index (χ4n) is 3.05. The average Bonchev–Trinajstić information content (AvgIpc) is 2.84. The molecule has 33 heavy (non-hydrogen) atoms. The molecular weight excluding hydrogens is 490 g/mol. The van der Waals surface area contributed by atoms with E-state index in [-0.39, 0.29) is 17.8 Å². The predicted octanol–water partition coefficient (Wildman–Crippen LogP) is 4.30. The highest BCUT2D eigenvalue weighted by Gasteiger charge is 2.25. The van der Waals surface area contributed by atoms with Gasteiger partial charge in [0.15, 0.2) is 12.0 Å². The van der Waals surface area contributed by atoms with Crippen LogP contribution < -0.4 is 15.6 Å². The number of benzene rings is 1. The van der Waals surface area contributed by atoms with Crippen molar-refractivity contribution in [2.45, 2.75) is 46.3 Å². The molecule has 0 saturated carbocycles. The molecule has 1 aromatic heterocycles. The van der Waals surface area contributed by atoms with Gasteiger partial charge in [-0.15, -0.1) is 0 Å². The number of nitrogens with zero attached hydrogens (tertiary/aromatic N) is 1. The molecule has 1 aromatic carbocycles. The number of aldehydes is 1. The molecule has 3 rings (SSSR count). The summed E-state index contributed by atoms with van der Waals surface area (Å²) in [5, 5.41) is 3.10. The Morgan fingerprint density at radius 3 is 2.36 bits per heavy atom. The Balaban J connectivity index is 0.000000380. The SMILES string of the molecule is CC.CNCc1ccc(C)cc1.COC(=O)N1CCC(Oc2cc(C=O)c(=O)[nH]c2Br)CC1. The maximum atomic E-state index is 11.4. The van der Waals surface area contributed by atoms with Crippen LogP contribution in [0.4, 0.5) is 4.79 Å². The number of rotatable bonds is 5.